The Hall–Kier alpha value is -4.66. The number of benzene rings is 3. The molecule has 2 N–H and O–H groups in total. The van der Waals surface area contributed by atoms with E-state index in [0.717, 1.165) is 22.0 Å². The van der Waals surface area contributed by atoms with Crippen LogP contribution in [0.5, 0.6) is 11.5 Å². The summed E-state index contributed by atoms with van der Waals surface area (Å²) in [4.78, 5) is 28.9. The van der Waals surface area contributed by atoms with Crippen LogP contribution in [0.15, 0.2) is 77.7 Å². The summed E-state index contributed by atoms with van der Waals surface area (Å²) in [5.41, 5.74) is 3.19. The van der Waals surface area contributed by atoms with Gasteiger partial charge >= 0.3 is 0 Å². The number of amides is 1. The average Bonchev–Trinajstić information content (AvgIpc) is 3.36. The molecule has 0 radical (unpaired) electrons. The molecular weight excluding hydrogens is 470 g/mol. The standard InChI is InChI=1S/C28H27N5O4/c1-36-25-13-7-10-19(27(25)37-2)22(21-16-29-23-11-5-3-8-18(21)23)17-30-26(34)14-15-33-28(35)20-9-4-6-12-24(20)31-32-33/h3-13,16,22,29H,14-15,17H2,1-2H3,(H,30,34). The highest BCUT2D eigenvalue weighted by molar-refractivity contribution is 5.85. The molecule has 9 nitrogen and oxygen atoms in total. The third-order valence-electron chi connectivity index (χ3n) is 6.49. The molecule has 5 aromatic rings. The number of nitrogens with zero attached hydrogens (tertiary/aromatic N) is 3. The number of nitrogens with one attached hydrogen (secondary N) is 2. The fourth-order valence-electron chi connectivity index (χ4n) is 4.64. The van der Waals surface area contributed by atoms with E-state index in [1.54, 1.807) is 38.5 Å². The monoisotopic (exact) mass is 497 g/mol. The zero-order chi connectivity index (χ0) is 25.8. The highest BCUT2D eigenvalue weighted by Gasteiger charge is 2.24. The summed E-state index contributed by atoms with van der Waals surface area (Å²) in [7, 11) is 3.20. The number of ether oxygens (including phenoxy) is 2. The number of methoxy groups -OCH3 is 2. The van der Waals surface area contributed by atoms with Gasteiger partial charge in [-0.1, -0.05) is 47.7 Å². The normalized spacial score (nSPS) is 11.9. The van der Waals surface area contributed by atoms with Crippen molar-refractivity contribution in [2.45, 2.75) is 18.9 Å². The molecule has 1 amide bonds. The third-order valence-corrected chi connectivity index (χ3v) is 6.49. The number of hydrogen-bond acceptors (Lipinski definition) is 6. The molecule has 0 fully saturated rings. The van der Waals surface area contributed by atoms with Gasteiger partial charge in [-0.15, -0.1) is 5.10 Å². The third kappa shape index (κ3) is 4.75. The number of para-hydroxylation sites is 2. The predicted molar refractivity (Wildman–Crippen MR) is 141 cm³/mol. The minimum atomic E-state index is -0.267. The first-order valence-electron chi connectivity index (χ1n) is 12.0. The van der Waals surface area contributed by atoms with E-state index >= 15 is 0 Å². The van der Waals surface area contributed by atoms with Gasteiger partial charge in [0.1, 0.15) is 5.52 Å². The predicted octanol–water partition coefficient (Wildman–Crippen LogP) is 3.63. The Morgan fingerprint density at radius 1 is 0.973 bits per heavy atom. The smallest absolute Gasteiger partial charge is 0.277 e. The van der Waals surface area contributed by atoms with Crippen LogP contribution < -0.4 is 20.3 Å². The lowest BCUT2D eigenvalue weighted by atomic mass is 9.89. The molecule has 0 saturated heterocycles. The molecule has 0 aliphatic heterocycles. The Morgan fingerprint density at radius 2 is 1.76 bits per heavy atom. The molecule has 5 rings (SSSR count). The van der Waals surface area contributed by atoms with Crippen LogP contribution in [0.3, 0.4) is 0 Å². The number of fused-ring (bicyclic) bond motifs is 2. The number of carbonyl (C=O) groups excluding carboxylic acids is 1. The van der Waals surface area contributed by atoms with Gasteiger partial charge < -0.3 is 19.8 Å². The summed E-state index contributed by atoms with van der Waals surface area (Å²) < 4.78 is 12.5. The molecule has 0 aliphatic rings. The van der Waals surface area contributed by atoms with E-state index < -0.39 is 0 Å². The van der Waals surface area contributed by atoms with Crippen molar-refractivity contribution in [2.24, 2.45) is 0 Å². The summed E-state index contributed by atoms with van der Waals surface area (Å²) >= 11 is 0. The molecule has 2 aromatic heterocycles. The lowest BCUT2D eigenvalue weighted by molar-refractivity contribution is -0.121. The van der Waals surface area contributed by atoms with Crippen LogP contribution in [0, 0.1) is 0 Å². The van der Waals surface area contributed by atoms with Crippen molar-refractivity contribution >= 4 is 27.7 Å². The van der Waals surface area contributed by atoms with E-state index in [0.29, 0.717) is 28.9 Å². The van der Waals surface area contributed by atoms with Gasteiger partial charge in [-0.3, -0.25) is 9.59 Å². The topological polar surface area (TPSA) is 111 Å². The SMILES string of the molecule is COc1cccc(C(CNC(=O)CCn2nnc3ccccc3c2=O)c2c[nH]c3ccccc23)c1OC. The van der Waals surface area contributed by atoms with Crippen LogP contribution in [0.1, 0.15) is 23.5 Å². The maximum Gasteiger partial charge on any atom is 0.277 e. The van der Waals surface area contributed by atoms with Crippen LogP contribution in [-0.4, -0.2) is 46.6 Å². The van der Waals surface area contributed by atoms with Crippen molar-refractivity contribution in [1.82, 2.24) is 25.3 Å². The number of aromatic nitrogens is 4. The molecule has 0 saturated carbocycles. The quantitative estimate of drug-likeness (QED) is 0.322. The van der Waals surface area contributed by atoms with Crippen molar-refractivity contribution in [3.8, 4) is 11.5 Å². The van der Waals surface area contributed by atoms with Gasteiger partial charge in [0.15, 0.2) is 11.5 Å². The number of carbonyl (C=O) groups is 1. The zero-order valence-corrected chi connectivity index (χ0v) is 20.6. The molecule has 0 aliphatic carbocycles. The largest absolute Gasteiger partial charge is 0.493 e. The van der Waals surface area contributed by atoms with Crippen molar-refractivity contribution < 1.29 is 14.3 Å². The fourth-order valence-corrected chi connectivity index (χ4v) is 4.64. The molecule has 9 heteroatoms. The van der Waals surface area contributed by atoms with E-state index in [9.17, 15) is 9.59 Å². The van der Waals surface area contributed by atoms with Gasteiger partial charge in [0.05, 0.1) is 26.2 Å². The van der Waals surface area contributed by atoms with Gasteiger partial charge in [-0.2, -0.15) is 0 Å². The number of H-pyrrole nitrogens is 1. The summed E-state index contributed by atoms with van der Waals surface area (Å²) in [5, 5.41) is 12.6. The molecule has 0 spiro atoms. The number of aryl methyl sites for hydroxylation is 1. The van der Waals surface area contributed by atoms with E-state index in [2.05, 4.69) is 20.6 Å². The molecule has 2 heterocycles. The second kappa shape index (κ2) is 10.5. The fraction of sp³-hybridized carbons (Fsp3) is 0.214. The number of hydrogen-bond donors (Lipinski definition) is 2. The highest BCUT2D eigenvalue weighted by Crippen LogP contribution is 2.40. The van der Waals surface area contributed by atoms with E-state index in [-0.39, 0.29) is 30.3 Å². The second-order valence-electron chi connectivity index (χ2n) is 8.61. The molecule has 1 unspecified atom stereocenters. The Kier molecular flexibility index (Phi) is 6.85. The summed E-state index contributed by atoms with van der Waals surface area (Å²) in [5.74, 6) is 0.819. The number of rotatable bonds is 9. The lowest BCUT2D eigenvalue weighted by Crippen LogP contribution is -2.32. The maximum absolute atomic E-state index is 12.9. The van der Waals surface area contributed by atoms with Crippen molar-refractivity contribution in [2.75, 3.05) is 20.8 Å². The van der Waals surface area contributed by atoms with Gasteiger partial charge in [0.2, 0.25) is 5.91 Å². The van der Waals surface area contributed by atoms with Crippen LogP contribution in [-0.2, 0) is 11.3 Å². The van der Waals surface area contributed by atoms with Crippen molar-refractivity contribution in [3.63, 3.8) is 0 Å². The maximum atomic E-state index is 12.9. The first kappa shape index (κ1) is 24.1. The summed E-state index contributed by atoms with van der Waals surface area (Å²) in [6, 6.07) is 20.8. The minimum absolute atomic E-state index is 0.0861. The van der Waals surface area contributed by atoms with Crippen LogP contribution in [0.4, 0.5) is 0 Å². The molecule has 188 valence electrons. The highest BCUT2D eigenvalue weighted by atomic mass is 16.5. The van der Waals surface area contributed by atoms with Gasteiger partial charge in [0, 0.05) is 41.5 Å². The zero-order valence-electron chi connectivity index (χ0n) is 20.6. The van der Waals surface area contributed by atoms with Gasteiger partial charge in [0.25, 0.3) is 5.56 Å². The molecular formula is C28H27N5O4. The van der Waals surface area contributed by atoms with Crippen LogP contribution in [0.2, 0.25) is 0 Å². The van der Waals surface area contributed by atoms with Crippen LogP contribution in [0.25, 0.3) is 21.8 Å². The lowest BCUT2D eigenvalue weighted by Gasteiger charge is -2.22. The second-order valence-corrected chi connectivity index (χ2v) is 8.61. The van der Waals surface area contributed by atoms with Crippen LogP contribution >= 0.6 is 0 Å². The Bertz CT molecular complexity index is 1620. The minimum Gasteiger partial charge on any atom is -0.493 e. The summed E-state index contributed by atoms with van der Waals surface area (Å²) in [6.45, 7) is 0.450. The first-order chi connectivity index (χ1) is 18.1. The molecule has 0 bridgehead atoms. The molecule has 1 atom stereocenters. The number of aromatic amines is 1. The summed E-state index contributed by atoms with van der Waals surface area (Å²) in [6.07, 6.45) is 2.05. The Balaban J connectivity index is 1.39. The Labute approximate surface area is 213 Å². The van der Waals surface area contributed by atoms with E-state index in [1.807, 2.05) is 48.7 Å². The van der Waals surface area contributed by atoms with E-state index in [4.69, 9.17) is 9.47 Å². The average molecular weight is 498 g/mol. The first-order valence-corrected chi connectivity index (χ1v) is 12.0. The van der Waals surface area contributed by atoms with Crippen molar-refractivity contribution in [3.05, 3.63) is 94.4 Å². The van der Waals surface area contributed by atoms with Crippen molar-refractivity contribution in [1.29, 1.82) is 0 Å². The van der Waals surface area contributed by atoms with Gasteiger partial charge in [-0.25, -0.2) is 4.68 Å². The molecule has 3 aromatic carbocycles. The van der Waals surface area contributed by atoms with Gasteiger partial charge in [-0.05, 0) is 29.8 Å². The molecule has 37 heavy (non-hydrogen) atoms. The Morgan fingerprint density at radius 3 is 2.57 bits per heavy atom. The van der Waals surface area contributed by atoms with E-state index in [1.165, 1.54) is 4.68 Å².